The fourth-order valence-corrected chi connectivity index (χ4v) is 2.20. The molecular formula is C17H18ClNO2. The van der Waals surface area contributed by atoms with Crippen LogP contribution < -0.4 is 10.1 Å². The lowest BCUT2D eigenvalue weighted by Crippen LogP contribution is -2.30. The van der Waals surface area contributed by atoms with Gasteiger partial charge in [0.25, 0.3) is 5.91 Å². The van der Waals surface area contributed by atoms with E-state index < -0.39 is 6.10 Å². The van der Waals surface area contributed by atoms with Crippen molar-refractivity contribution < 1.29 is 9.53 Å². The van der Waals surface area contributed by atoms with Crippen molar-refractivity contribution in [1.82, 2.24) is 0 Å². The molecule has 0 aliphatic carbocycles. The minimum Gasteiger partial charge on any atom is -0.480 e. The maximum atomic E-state index is 12.2. The smallest absolute Gasteiger partial charge is 0.265 e. The van der Waals surface area contributed by atoms with Crippen molar-refractivity contribution >= 4 is 23.2 Å². The second-order valence-electron chi connectivity index (χ2n) is 4.95. The quantitative estimate of drug-likeness (QED) is 0.911. The number of para-hydroxylation sites is 2. The van der Waals surface area contributed by atoms with E-state index in [2.05, 4.69) is 5.32 Å². The van der Waals surface area contributed by atoms with E-state index in [1.165, 1.54) is 0 Å². The van der Waals surface area contributed by atoms with Crippen LogP contribution in [0.3, 0.4) is 0 Å². The van der Waals surface area contributed by atoms with Gasteiger partial charge in [0.2, 0.25) is 0 Å². The SMILES string of the molecule is Cc1cccc(C)c1OC(C)C(=O)Nc1ccccc1Cl. The van der Waals surface area contributed by atoms with Gasteiger partial charge < -0.3 is 10.1 Å². The number of carbonyl (C=O) groups excluding carboxylic acids is 1. The van der Waals surface area contributed by atoms with E-state index in [9.17, 15) is 4.79 Å². The third-order valence-corrected chi connectivity index (χ3v) is 3.53. The molecule has 110 valence electrons. The van der Waals surface area contributed by atoms with E-state index in [4.69, 9.17) is 16.3 Å². The molecule has 21 heavy (non-hydrogen) atoms. The van der Waals surface area contributed by atoms with E-state index in [1.54, 1.807) is 19.1 Å². The molecule has 1 atom stereocenters. The van der Waals surface area contributed by atoms with Crippen LogP contribution in [0, 0.1) is 13.8 Å². The van der Waals surface area contributed by atoms with Crippen LogP contribution in [0.4, 0.5) is 5.69 Å². The number of anilines is 1. The zero-order valence-electron chi connectivity index (χ0n) is 12.3. The molecule has 1 N–H and O–H groups in total. The number of halogens is 1. The van der Waals surface area contributed by atoms with Gasteiger partial charge in [-0.15, -0.1) is 0 Å². The monoisotopic (exact) mass is 303 g/mol. The van der Waals surface area contributed by atoms with Crippen molar-refractivity contribution in [3.05, 3.63) is 58.6 Å². The van der Waals surface area contributed by atoms with Crippen LogP contribution in [-0.2, 0) is 4.79 Å². The highest BCUT2D eigenvalue weighted by Gasteiger charge is 2.17. The van der Waals surface area contributed by atoms with Crippen molar-refractivity contribution in [2.75, 3.05) is 5.32 Å². The van der Waals surface area contributed by atoms with Gasteiger partial charge in [-0.3, -0.25) is 4.79 Å². The maximum absolute atomic E-state index is 12.2. The summed E-state index contributed by atoms with van der Waals surface area (Å²) in [5.74, 6) is 0.519. The van der Waals surface area contributed by atoms with Crippen LogP contribution in [0.25, 0.3) is 0 Å². The lowest BCUT2D eigenvalue weighted by atomic mass is 10.1. The molecule has 0 aromatic heterocycles. The highest BCUT2D eigenvalue weighted by atomic mass is 35.5. The maximum Gasteiger partial charge on any atom is 0.265 e. The van der Waals surface area contributed by atoms with Crippen molar-refractivity contribution in [3.8, 4) is 5.75 Å². The molecule has 0 aliphatic heterocycles. The molecule has 0 spiro atoms. The summed E-state index contributed by atoms with van der Waals surface area (Å²) in [6.45, 7) is 5.64. The van der Waals surface area contributed by atoms with E-state index in [1.807, 2.05) is 44.2 Å². The van der Waals surface area contributed by atoms with E-state index in [0.29, 0.717) is 10.7 Å². The Morgan fingerprint density at radius 3 is 2.33 bits per heavy atom. The summed E-state index contributed by atoms with van der Waals surface area (Å²) in [5, 5.41) is 3.28. The van der Waals surface area contributed by atoms with Crippen molar-refractivity contribution in [1.29, 1.82) is 0 Å². The van der Waals surface area contributed by atoms with Gasteiger partial charge >= 0.3 is 0 Å². The minimum atomic E-state index is -0.610. The molecule has 1 amide bonds. The predicted molar refractivity (Wildman–Crippen MR) is 86.1 cm³/mol. The Morgan fingerprint density at radius 2 is 1.71 bits per heavy atom. The first-order valence-electron chi connectivity index (χ1n) is 6.77. The first-order chi connectivity index (χ1) is 9.99. The molecular weight excluding hydrogens is 286 g/mol. The lowest BCUT2D eigenvalue weighted by Gasteiger charge is -2.18. The van der Waals surface area contributed by atoms with Crippen molar-refractivity contribution in [2.45, 2.75) is 26.9 Å². The molecule has 2 rings (SSSR count). The Labute approximate surface area is 129 Å². The van der Waals surface area contributed by atoms with E-state index in [-0.39, 0.29) is 5.91 Å². The first kappa shape index (κ1) is 15.4. The fraction of sp³-hybridized carbons (Fsp3) is 0.235. The molecule has 2 aromatic rings. The second kappa shape index (κ2) is 6.64. The summed E-state index contributed by atoms with van der Waals surface area (Å²) >= 11 is 6.03. The van der Waals surface area contributed by atoms with Crippen LogP contribution in [0.1, 0.15) is 18.1 Å². The third kappa shape index (κ3) is 3.76. The highest BCUT2D eigenvalue weighted by molar-refractivity contribution is 6.33. The summed E-state index contributed by atoms with van der Waals surface area (Å²) in [4.78, 5) is 12.2. The number of benzene rings is 2. The fourth-order valence-electron chi connectivity index (χ4n) is 2.01. The van der Waals surface area contributed by atoms with Gasteiger partial charge in [0.05, 0.1) is 10.7 Å². The number of amides is 1. The third-order valence-electron chi connectivity index (χ3n) is 3.20. The van der Waals surface area contributed by atoms with E-state index in [0.717, 1.165) is 16.9 Å². The Kier molecular flexibility index (Phi) is 4.86. The average molecular weight is 304 g/mol. The largest absolute Gasteiger partial charge is 0.480 e. The summed E-state index contributed by atoms with van der Waals surface area (Å²) in [6.07, 6.45) is -0.610. The lowest BCUT2D eigenvalue weighted by molar-refractivity contribution is -0.122. The molecule has 4 heteroatoms. The molecule has 0 bridgehead atoms. The predicted octanol–water partition coefficient (Wildman–Crippen LogP) is 4.36. The molecule has 1 unspecified atom stereocenters. The Hall–Kier alpha value is -2.00. The van der Waals surface area contributed by atoms with Gasteiger partial charge in [0.1, 0.15) is 5.75 Å². The Balaban J connectivity index is 2.08. The second-order valence-corrected chi connectivity index (χ2v) is 5.36. The van der Waals surface area contributed by atoms with Crippen LogP contribution in [0.5, 0.6) is 5.75 Å². The molecule has 0 radical (unpaired) electrons. The molecule has 3 nitrogen and oxygen atoms in total. The van der Waals surface area contributed by atoms with Gasteiger partial charge in [0, 0.05) is 0 Å². The standard InChI is InChI=1S/C17H18ClNO2/c1-11-7-6-8-12(2)16(11)21-13(3)17(20)19-15-10-5-4-9-14(15)18/h4-10,13H,1-3H3,(H,19,20). The van der Waals surface area contributed by atoms with Gasteiger partial charge in [-0.1, -0.05) is 41.9 Å². The summed E-state index contributed by atoms with van der Waals surface area (Å²) in [6, 6.07) is 13.0. The van der Waals surface area contributed by atoms with E-state index >= 15 is 0 Å². The minimum absolute atomic E-state index is 0.231. The first-order valence-corrected chi connectivity index (χ1v) is 7.15. The number of rotatable bonds is 4. The van der Waals surface area contributed by atoms with Crippen molar-refractivity contribution in [3.63, 3.8) is 0 Å². The average Bonchev–Trinajstić information content (AvgIpc) is 2.45. The zero-order chi connectivity index (χ0) is 15.4. The van der Waals surface area contributed by atoms with Crippen LogP contribution in [0.2, 0.25) is 5.02 Å². The number of aryl methyl sites for hydroxylation is 2. The Morgan fingerprint density at radius 1 is 1.10 bits per heavy atom. The summed E-state index contributed by atoms with van der Waals surface area (Å²) < 4.78 is 5.79. The zero-order valence-corrected chi connectivity index (χ0v) is 13.1. The topological polar surface area (TPSA) is 38.3 Å². The van der Waals surface area contributed by atoms with Crippen LogP contribution in [0.15, 0.2) is 42.5 Å². The van der Waals surface area contributed by atoms with Gasteiger partial charge in [-0.05, 0) is 44.0 Å². The number of hydrogen-bond donors (Lipinski definition) is 1. The molecule has 0 saturated heterocycles. The van der Waals surface area contributed by atoms with Crippen LogP contribution in [-0.4, -0.2) is 12.0 Å². The summed E-state index contributed by atoms with van der Waals surface area (Å²) in [7, 11) is 0. The number of nitrogens with one attached hydrogen (secondary N) is 1. The van der Waals surface area contributed by atoms with Crippen LogP contribution >= 0.6 is 11.6 Å². The Bertz CT molecular complexity index is 635. The normalized spacial score (nSPS) is 11.8. The van der Waals surface area contributed by atoms with Gasteiger partial charge in [0.15, 0.2) is 6.10 Å². The van der Waals surface area contributed by atoms with Gasteiger partial charge in [-0.2, -0.15) is 0 Å². The number of hydrogen-bond acceptors (Lipinski definition) is 2. The molecule has 0 saturated carbocycles. The van der Waals surface area contributed by atoms with Crippen molar-refractivity contribution in [2.24, 2.45) is 0 Å². The molecule has 0 heterocycles. The number of carbonyl (C=O) groups is 1. The summed E-state index contributed by atoms with van der Waals surface area (Å²) in [5.41, 5.74) is 2.60. The van der Waals surface area contributed by atoms with Gasteiger partial charge in [-0.25, -0.2) is 0 Å². The molecule has 0 aliphatic rings. The highest BCUT2D eigenvalue weighted by Crippen LogP contribution is 2.25. The molecule has 2 aromatic carbocycles. The molecule has 0 fully saturated rings. The number of ether oxygens (including phenoxy) is 1.